The SMILES string of the molecule is CNN=C(C(=O)NN(C)C(=S)C1(C)CC1)C(=O)NN(C)C(=S)C1(C)CC1. The van der Waals surface area contributed by atoms with Crippen LogP contribution in [0.3, 0.4) is 0 Å². The first-order chi connectivity index (χ1) is 12.0. The standard InChI is InChI=1S/C16H26N6O2S2/c1-15(6-7-15)13(25)21(4)19-11(23)10(18-17-3)12(24)20-22(5)14(26)16(2)8-9-16/h17H,6-9H2,1-5H3,(H,19,23)(H,20,24). The molecule has 0 aromatic carbocycles. The Hall–Kier alpha value is -1.81. The van der Waals surface area contributed by atoms with Gasteiger partial charge in [-0.3, -0.25) is 30.5 Å². The summed E-state index contributed by atoms with van der Waals surface area (Å²) >= 11 is 10.8. The Labute approximate surface area is 164 Å². The highest BCUT2D eigenvalue weighted by molar-refractivity contribution is 7.80. The molecule has 10 heteroatoms. The highest BCUT2D eigenvalue weighted by Crippen LogP contribution is 2.47. The van der Waals surface area contributed by atoms with Crippen LogP contribution in [0.4, 0.5) is 0 Å². The molecule has 8 nitrogen and oxygen atoms in total. The number of thiocarbonyl (C=S) groups is 2. The molecule has 0 heterocycles. The van der Waals surface area contributed by atoms with Crippen molar-refractivity contribution in [3.63, 3.8) is 0 Å². The number of carbonyl (C=O) groups excluding carboxylic acids is 2. The molecule has 2 saturated carbocycles. The van der Waals surface area contributed by atoms with Crippen molar-refractivity contribution in [1.82, 2.24) is 26.3 Å². The minimum atomic E-state index is -0.650. The van der Waals surface area contributed by atoms with Gasteiger partial charge < -0.3 is 5.43 Å². The highest BCUT2D eigenvalue weighted by atomic mass is 32.1. The normalized spacial score (nSPS) is 18.0. The van der Waals surface area contributed by atoms with Crippen LogP contribution in [-0.2, 0) is 9.59 Å². The molecule has 0 saturated heterocycles. The molecule has 0 aliphatic heterocycles. The fourth-order valence-corrected chi connectivity index (χ4v) is 2.94. The van der Waals surface area contributed by atoms with Crippen molar-refractivity contribution < 1.29 is 9.59 Å². The minimum Gasteiger partial charge on any atom is -0.312 e. The van der Waals surface area contributed by atoms with Crippen LogP contribution in [0.1, 0.15) is 39.5 Å². The molecule has 0 bridgehead atoms. The third kappa shape index (κ3) is 4.47. The number of rotatable bonds is 5. The van der Waals surface area contributed by atoms with Crippen molar-refractivity contribution in [3.05, 3.63) is 0 Å². The van der Waals surface area contributed by atoms with Gasteiger partial charge in [0.1, 0.15) is 9.98 Å². The first-order valence-electron chi connectivity index (χ1n) is 8.47. The number of nitrogens with zero attached hydrogens (tertiary/aromatic N) is 3. The van der Waals surface area contributed by atoms with Crippen LogP contribution in [-0.4, -0.2) is 58.7 Å². The fourth-order valence-electron chi connectivity index (χ4n) is 2.44. The third-order valence-corrected chi connectivity index (χ3v) is 6.37. The molecule has 2 amide bonds. The molecule has 3 N–H and O–H groups in total. The van der Waals surface area contributed by atoms with Crippen LogP contribution in [0.15, 0.2) is 5.10 Å². The lowest BCUT2D eigenvalue weighted by atomic mass is 10.1. The quantitative estimate of drug-likeness (QED) is 0.272. The van der Waals surface area contributed by atoms with Crippen LogP contribution in [0.5, 0.6) is 0 Å². The molecular weight excluding hydrogens is 372 g/mol. The van der Waals surface area contributed by atoms with Crippen LogP contribution in [0.25, 0.3) is 0 Å². The maximum absolute atomic E-state index is 12.5. The third-order valence-electron chi connectivity index (χ3n) is 4.83. The van der Waals surface area contributed by atoms with E-state index in [2.05, 4.69) is 21.4 Å². The number of carbonyl (C=O) groups is 2. The van der Waals surface area contributed by atoms with Gasteiger partial charge in [0.05, 0.1) is 0 Å². The van der Waals surface area contributed by atoms with Crippen molar-refractivity contribution in [2.45, 2.75) is 39.5 Å². The molecule has 0 aromatic rings. The predicted molar refractivity (Wildman–Crippen MR) is 108 cm³/mol. The van der Waals surface area contributed by atoms with E-state index in [-0.39, 0.29) is 16.5 Å². The van der Waals surface area contributed by atoms with Gasteiger partial charge >= 0.3 is 0 Å². The Kier molecular flexibility index (Phi) is 5.86. The second-order valence-electron chi connectivity index (χ2n) is 7.42. The second kappa shape index (κ2) is 7.43. The van der Waals surface area contributed by atoms with E-state index >= 15 is 0 Å². The summed E-state index contributed by atoms with van der Waals surface area (Å²) in [5.41, 5.74) is 7.26. The van der Waals surface area contributed by atoms with Crippen molar-refractivity contribution in [3.8, 4) is 0 Å². The van der Waals surface area contributed by atoms with E-state index in [0.717, 1.165) is 25.7 Å². The Morgan fingerprint density at radius 3 is 1.50 bits per heavy atom. The van der Waals surface area contributed by atoms with Crippen molar-refractivity contribution in [1.29, 1.82) is 0 Å². The van der Waals surface area contributed by atoms with Gasteiger partial charge in [-0.2, -0.15) is 5.10 Å². The summed E-state index contributed by atoms with van der Waals surface area (Å²) < 4.78 is 0. The van der Waals surface area contributed by atoms with Crippen LogP contribution in [0, 0.1) is 10.8 Å². The van der Waals surface area contributed by atoms with E-state index in [1.165, 1.54) is 17.1 Å². The molecule has 2 aliphatic rings. The lowest BCUT2D eigenvalue weighted by Crippen LogP contribution is -2.54. The van der Waals surface area contributed by atoms with E-state index < -0.39 is 11.8 Å². The number of hydrogen-bond acceptors (Lipinski definition) is 6. The van der Waals surface area contributed by atoms with Gasteiger partial charge in [0, 0.05) is 32.0 Å². The molecule has 0 spiro atoms. The van der Waals surface area contributed by atoms with Crippen molar-refractivity contribution in [2.24, 2.45) is 15.9 Å². The largest absolute Gasteiger partial charge is 0.312 e. The highest BCUT2D eigenvalue weighted by Gasteiger charge is 2.45. The molecule has 0 aromatic heterocycles. The van der Waals surface area contributed by atoms with Crippen molar-refractivity contribution >= 4 is 51.9 Å². The lowest BCUT2D eigenvalue weighted by molar-refractivity contribution is -0.121. The lowest BCUT2D eigenvalue weighted by Gasteiger charge is -2.26. The average Bonchev–Trinajstić information content (AvgIpc) is 3.50. The first kappa shape index (κ1) is 20.5. The van der Waals surface area contributed by atoms with Gasteiger partial charge in [-0.25, -0.2) is 0 Å². The number of hydrogen-bond donors (Lipinski definition) is 3. The summed E-state index contributed by atoms with van der Waals surface area (Å²) in [6, 6.07) is 0. The van der Waals surface area contributed by atoms with Gasteiger partial charge in [0.15, 0.2) is 0 Å². The summed E-state index contributed by atoms with van der Waals surface area (Å²) in [6.07, 6.45) is 3.96. The second-order valence-corrected chi connectivity index (χ2v) is 8.19. The smallest absolute Gasteiger partial charge is 0.296 e. The summed E-state index contributed by atoms with van der Waals surface area (Å²) in [4.78, 5) is 26.3. The summed E-state index contributed by atoms with van der Waals surface area (Å²) in [7, 11) is 4.83. The van der Waals surface area contributed by atoms with E-state index in [1.54, 1.807) is 14.1 Å². The monoisotopic (exact) mass is 398 g/mol. The average molecular weight is 399 g/mol. The van der Waals surface area contributed by atoms with Crippen LogP contribution >= 0.6 is 24.4 Å². The van der Waals surface area contributed by atoms with E-state index in [1.807, 2.05) is 13.8 Å². The maximum Gasteiger partial charge on any atom is 0.296 e. The Morgan fingerprint density at radius 1 is 0.885 bits per heavy atom. The summed E-state index contributed by atoms with van der Waals surface area (Å²) in [6.45, 7) is 4.09. The van der Waals surface area contributed by atoms with E-state index in [9.17, 15) is 9.59 Å². The molecule has 0 atom stereocenters. The predicted octanol–water partition coefficient (Wildman–Crippen LogP) is 0.743. The van der Waals surface area contributed by atoms with Crippen LogP contribution in [0.2, 0.25) is 0 Å². The van der Waals surface area contributed by atoms with Gasteiger partial charge in [0.2, 0.25) is 5.71 Å². The Balaban J connectivity index is 1.99. The maximum atomic E-state index is 12.5. The van der Waals surface area contributed by atoms with Gasteiger partial charge in [0.25, 0.3) is 11.8 Å². The molecule has 2 aliphatic carbocycles. The fraction of sp³-hybridized carbons (Fsp3) is 0.688. The molecule has 2 fully saturated rings. The molecular formula is C16H26N6O2S2. The molecule has 26 heavy (non-hydrogen) atoms. The summed E-state index contributed by atoms with van der Waals surface area (Å²) in [5, 5.41) is 6.76. The number of amides is 2. The van der Waals surface area contributed by atoms with Gasteiger partial charge in [-0.05, 0) is 25.7 Å². The zero-order chi connectivity index (χ0) is 19.7. The van der Waals surface area contributed by atoms with E-state index in [0.29, 0.717) is 9.98 Å². The molecule has 144 valence electrons. The Bertz CT molecular complexity index is 618. The molecule has 0 radical (unpaired) electrons. The van der Waals surface area contributed by atoms with Crippen molar-refractivity contribution in [2.75, 3.05) is 21.1 Å². The zero-order valence-electron chi connectivity index (χ0n) is 15.8. The topological polar surface area (TPSA) is 89.1 Å². The summed E-state index contributed by atoms with van der Waals surface area (Å²) in [5.74, 6) is -1.30. The molecule has 0 unspecified atom stereocenters. The van der Waals surface area contributed by atoms with Crippen LogP contribution < -0.4 is 16.3 Å². The number of hydrazine groups is 2. The molecule has 2 rings (SSSR count). The number of hydrazone groups is 1. The zero-order valence-corrected chi connectivity index (χ0v) is 17.4. The Morgan fingerprint density at radius 2 is 1.23 bits per heavy atom. The number of nitrogens with one attached hydrogen (secondary N) is 3. The van der Waals surface area contributed by atoms with Gasteiger partial charge in [-0.15, -0.1) is 0 Å². The minimum absolute atomic E-state index is 0.0634. The first-order valence-corrected chi connectivity index (χ1v) is 9.28. The van der Waals surface area contributed by atoms with E-state index in [4.69, 9.17) is 24.4 Å². The van der Waals surface area contributed by atoms with Gasteiger partial charge in [-0.1, -0.05) is 38.3 Å².